The molecule has 0 heterocycles. The minimum absolute atomic E-state index is 0.613. The van der Waals surface area contributed by atoms with Crippen LogP contribution in [0, 0.1) is 0 Å². The molecule has 0 saturated heterocycles. The number of hydrazine groups is 1. The Morgan fingerprint density at radius 1 is 1.05 bits per heavy atom. The third-order valence-electron chi connectivity index (χ3n) is 2.46. The van der Waals surface area contributed by atoms with Crippen molar-refractivity contribution in [2.24, 2.45) is 0 Å². The smallest absolute Gasteiger partial charge is 0.238 e. The number of carbonyl (C=O) groups excluding carboxylic acids is 2. The maximum atomic E-state index is 11.3. The van der Waals surface area contributed by atoms with Gasteiger partial charge < -0.3 is 25.5 Å². The molecule has 2 amide bonds. The molecule has 6 N–H and O–H groups in total. The number of nitrogens with one attached hydrogen (secondary N) is 1. The van der Waals surface area contributed by atoms with Crippen molar-refractivity contribution in [1.82, 2.24) is 10.4 Å². The van der Waals surface area contributed by atoms with E-state index in [2.05, 4.69) is 5.43 Å². The Bertz CT molecular complexity index is 312. The molecule has 0 radical (unpaired) electrons. The van der Waals surface area contributed by atoms with Crippen molar-refractivity contribution >= 4 is 11.8 Å². The molecule has 19 heavy (non-hydrogen) atoms. The van der Waals surface area contributed by atoms with Crippen LogP contribution in [0.5, 0.6) is 0 Å². The molecule has 0 saturated carbocycles. The number of aliphatic hydroxyl groups excluding tert-OH is 5. The number of aliphatic hydroxyl groups is 5. The van der Waals surface area contributed by atoms with Gasteiger partial charge in [0.15, 0.2) is 0 Å². The molecule has 0 aromatic heterocycles. The fraction of sp³-hybridized carbons (Fsp3) is 0.800. The molecule has 0 aliphatic carbocycles. The topological polar surface area (TPSA) is 151 Å². The van der Waals surface area contributed by atoms with Gasteiger partial charge in [-0.25, -0.2) is 5.01 Å². The first-order valence-corrected chi connectivity index (χ1v) is 5.59. The standard InChI is InChI=1S/C10H20N2O7/c1-5(15)11-12(6(2)16)7(3-13)9(18)10(19)8(17)4-14/h7-10,13-14,17-19H,3-4H2,1-2H3,(H,11,15)/t7-,8+,9-,10+/m0/s1. The summed E-state index contributed by atoms with van der Waals surface area (Å²) in [5.74, 6) is -1.29. The average molecular weight is 280 g/mol. The molecule has 0 aromatic rings. The van der Waals surface area contributed by atoms with Crippen molar-refractivity contribution < 1.29 is 35.1 Å². The first-order valence-electron chi connectivity index (χ1n) is 5.59. The van der Waals surface area contributed by atoms with E-state index in [9.17, 15) is 30.0 Å². The Hall–Kier alpha value is -1.26. The largest absolute Gasteiger partial charge is 0.394 e. The van der Waals surface area contributed by atoms with Crippen molar-refractivity contribution in [2.45, 2.75) is 38.2 Å². The third kappa shape index (κ3) is 5.09. The Morgan fingerprint density at radius 2 is 1.58 bits per heavy atom. The van der Waals surface area contributed by atoms with Gasteiger partial charge in [0.1, 0.15) is 24.4 Å². The van der Waals surface area contributed by atoms with Gasteiger partial charge in [0.25, 0.3) is 0 Å². The van der Waals surface area contributed by atoms with Crippen LogP contribution in [-0.2, 0) is 9.59 Å². The lowest BCUT2D eigenvalue weighted by atomic mass is 10.0. The molecule has 0 aliphatic heterocycles. The van der Waals surface area contributed by atoms with Crippen molar-refractivity contribution in [1.29, 1.82) is 0 Å². The van der Waals surface area contributed by atoms with Crippen molar-refractivity contribution in [3.8, 4) is 0 Å². The van der Waals surface area contributed by atoms with Crippen LogP contribution in [0.4, 0.5) is 0 Å². The monoisotopic (exact) mass is 280 g/mol. The fourth-order valence-corrected chi connectivity index (χ4v) is 1.47. The summed E-state index contributed by atoms with van der Waals surface area (Å²) in [4.78, 5) is 22.3. The molecule has 0 unspecified atom stereocenters. The normalized spacial score (nSPS) is 17.2. The van der Waals surface area contributed by atoms with Gasteiger partial charge in [0.2, 0.25) is 11.8 Å². The molecule has 0 spiro atoms. The van der Waals surface area contributed by atoms with E-state index in [1.54, 1.807) is 0 Å². The van der Waals surface area contributed by atoms with E-state index in [-0.39, 0.29) is 0 Å². The van der Waals surface area contributed by atoms with Gasteiger partial charge in [0, 0.05) is 13.8 Å². The summed E-state index contributed by atoms with van der Waals surface area (Å²) < 4.78 is 0. The Labute approximate surface area is 110 Å². The molecule has 0 rings (SSSR count). The number of hydrogen-bond acceptors (Lipinski definition) is 7. The van der Waals surface area contributed by atoms with Gasteiger partial charge in [-0.2, -0.15) is 0 Å². The molecular formula is C10H20N2O7. The van der Waals surface area contributed by atoms with Crippen LogP contribution in [0.1, 0.15) is 13.8 Å². The van der Waals surface area contributed by atoms with E-state index in [1.165, 1.54) is 0 Å². The molecule has 0 bridgehead atoms. The Kier molecular flexibility index (Phi) is 7.49. The van der Waals surface area contributed by atoms with E-state index in [0.717, 1.165) is 13.8 Å². The van der Waals surface area contributed by atoms with Crippen LogP contribution >= 0.6 is 0 Å². The fourth-order valence-electron chi connectivity index (χ4n) is 1.47. The quantitative estimate of drug-likeness (QED) is 0.274. The second-order valence-corrected chi connectivity index (χ2v) is 4.04. The second kappa shape index (κ2) is 8.02. The zero-order valence-corrected chi connectivity index (χ0v) is 10.7. The number of nitrogens with zero attached hydrogens (tertiary/aromatic N) is 1. The van der Waals surface area contributed by atoms with Crippen LogP contribution < -0.4 is 5.43 Å². The molecule has 0 aromatic carbocycles. The van der Waals surface area contributed by atoms with E-state index < -0.39 is 49.4 Å². The maximum Gasteiger partial charge on any atom is 0.238 e. The molecule has 9 nitrogen and oxygen atoms in total. The van der Waals surface area contributed by atoms with E-state index in [0.29, 0.717) is 5.01 Å². The maximum absolute atomic E-state index is 11.3. The lowest BCUT2D eigenvalue weighted by Gasteiger charge is -2.35. The average Bonchev–Trinajstić information content (AvgIpc) is 2.35. The Morgan fingerprint density at radius 3 is 1.89 bits per heavy atom. The van der Waals surface area contributed by atoms with Gasteiger partial charge >= 0.3 is 0 Å². The number of carbonyl (C=O) groups is 2. The van der Waals surface area contributed by atoms with Crippen molar-refractivity contribution in [2.75, 3.05) is 13.2 Å². The molecule has 9 heteroatoms. The van der Waals surface area contributed by atoms with Crippen LogP contribution in [0.15, 0.2) is 0 Å². The molecule has 4 atom stereocenters. The van der Waals surface area contributed by atoms with Gasteiger partial charge in [0.05, 0.1) is 13.2 Å². The zero-order chi connectivity index (χ0) is 15.2. The molecular weight excluding hydrogens is 260 g/mol. The highest BCUT2D eigenvalue weighted by Crippen LogP contribution is 2.10. The summed E-state index contributed by atoms with van der Waals surface area (Å²) in [6, 6.07) is -1.36. The van der Waals surface area contributed by atoms with Crippen LogP contribution in [0.2, 0.25) is 0 Å². The van der Waals surface area contributed by atoms with Crippen LogP contribution in [0.25, 0.3) is 0 Å². The minimum Gasteiger partial charge on any atom is -0.394 e. The van der Waals surface area contributed by atoms with Crippen LogP contribution in [-0.4, -0.2) is 79.9 Å². The van der Waals surface area contributed by atoms with Gasteiger partial charge in [-0.3, -0.25) is 15.0 Å². The summed E-state index contributed by atoms with van der Waals surface area (Å²) >= 11 is 0. The first kappa shape index (κ1) is 17.7. The first-order chi connectivity index (χ1) is 8.76. The Balaban J connectivity index is 5.03. The number of rotatable bonds is 6. The van der Waals surface area contributed by atoms with Crippen molar-refractivity contribution in [3.05, 3.63) is 0 Å². The SMILES string of the molecule is CC(=O)NN(C(C)=O)[C@@H](CO)[C@H](O)[C@H](O)[C@H](O)CO. The highest BCUT2D eigenvalue weighted by atomic mass is 16.4. The highest BCUT2D eigenvalue weighted by molar-refractivity contribution is 5.79. The summed E-state index contributed by atoms with van der Waals surface area (Å²) in [5.41, 5.74) is 2.09. The molecule has 112 valence electrons. The van der Waals surface area contributed by atoms with E-state index in [1.807, 2.05) is 0 Å². The van der Waals surface area contributed by atoms with Gasteiger partial charge in [-0.15, -0.1) is 0 Å². The lowest BCUT2D eigenvalue weighted by molar-refractivity contribution is -0.155. The molecule has 0 fully saturated rings. The summed E-state index contributed by atoms with van der Waals surface area (Å²) in [7, 11) is 0. The lowest BCUT2D eigenvalue weighted by Crippen LogP contribution is -2.60. The predicted molar refractivity (Wildman–Crippen MR) is 62.3 cm³/mol. The predicted octanol–water partition coefficient (Wildman–Crippen LogP) is -3.68. The minimum atomic E-state index is -1.79. The van der Waals surface area contributed by atoms with Crippen molar-refractivity contribution in [3.63, 3.8) is 0 Å². The summed E-state index contributed by atoms with van der Waals surface area (Å²) in [5, 5.41) is 47.0. The van der Waals surface area contributed by atoms with E-state index >= 15 is 0 Å². The molecule has 0 aliphatic rings. The van der Waals surface area contributed by atoms with E-state index in [4.69, 9.17) is 5.11 Å². The number of amides is 2. The second-order valence-electron chi connectivity index (χ2n) is 4.04. The van der Waals surface area contributed by atoms with Gasteiger partial charge in [-0.05, 0) is 0 Å². The summed E-state index contributed by atoms with van der Waals surface area (Å²) in [6.45, 7) is 0.628. The highest BCUT2D eigenvalue weighted by Gasteiger charge is 2.36. The third-order valence-corrected chi connectivity index (χ3v) is 2.46. The summed E-state index contributed by atoms with van der Waals surface area (Å²) in [6.07, 6.45) is -5.20. The van der Waals surface area contributed by atoms with Gasteiger partial charge in [-0.1, -0.05) is 0 Å². The van der Waals surface area contributed by atoms with Crippen LogP contribution in [0.3, 0.4) is 0 Å². The zero-order valence-electron chi connectivity index (χ0n) is 10.7. The number of hydrogen-bond donors (Lipinski definition) is 6.